The van der Waals surface area contributed by atoms with Crippen molar-refractivity contribution in [1.29, 1.82) is 0 Å². The van der Waals surface area contributed by atoms with Gasteiger partial charge in [-0.25, -0.2) is 4.79 Å². The molecule has 0 bridgehead atoms. The molecule has 0 N–H and O–H groups in total. The van der Waals surface area contributed by atoms with Gasteiger partial charge in [0.2, 0.25) is 5.60 Å². The first-order valence-electron chi connectivity index (χ1n) is 11.8. The van der Waals surface area contributed by atoms with Crippen molar-refractivity contribution in [2.45, 2.75) is 76.9 Å². The number of aryl methyl sites for hydroxylation is 2. The summed E-state index contributed by atoms with van der Waals surface area (Å²) in [7, 11) is 0. The first-order chi connectivity index (χ1) is 15.3. The van der Waals surface area contributed by atoms with Crippen LogP contribution in [-0.4, -0.2) is 12.1 Å². The molecule has 0 spiro atoms. The molecule has 3 nitrogen and oxygen atoms in total. The fraction of sp³-hybridized carbons (Fsp3) is 0.464. The maximum absolute atomic E-state index is 13.2. The van der Waals surface area contributed by atoms with Gasteiger partial charge >= 0.3 is 5.97 Å². The van der Waals surface area contributed by atoms with Crippen LogP contribution in [0.1, 0.15) is 68.7 Å². The first kappa shape index (κ1) is 23.1. The van der Waals surface area contributed by atoms with Crippen LogP contribution in [0.5, 0.6) is 0 Å². The highest BCUT2D eigenvalue weighted by molar-refractivity contribution is 7.94. The molecular formula is C28H34O3S. The van der Waals surface area contributed by atoms with Crippen LogP contribution in [-0.2, 0) is 19.3 Å². The second-order valence-electron chi connectivity index (χ2n) is 9.65. The van der Waals surface area contributed by atoms with Crippen molar-refractivity contribution >= 4 is 23.6 Å². The molecule has 1 saturated heterocycles. The van der Waals surface area contributed by atoms with Gasteiger partial charge in [0.25, 0.3) is 0 Å². The van der Waals surface area contributed by atoms with E-state index in [0.29, 0.717) is 18.3 Å². The van der Waals surface area contributed by atoms with Crippen molar-refractivity contribution in [1.82, 2.24) is 0 Å². The van der Waals surface area contributed by atoms with Crippen LogP contribution in [0.25, 0.3) is 5.57 Å². The molecule has 1 fully saturated rings. The zero-order chi connectivity index (χ0) is 22.9. The lowest BCUT2D eigenvalue weighted by Crippen LogP contribution is -2.33. The van der Waals surface area contributed by atoms with Crippen molar-refractivity contribution in [2.24, 2.45) is 11.8 Å². The standard InChI is InChI=1S/C28H34O3S/c1-6-24-17-28(27(29)30-24,31-32-25-10-8-7-9-11-25)23-15-20(4)26(21(5)16-23)22-13-18(2)12-19(3)14-22/h7-11,13,15-16,18-19,24H,6,12,14,17H2,1-5H3. The molecule has 1 heterocycles. The van der Waals surface area contributed by atoms with E-state index < -0.39 is 5.60 Å². The average molecular weight is 451 g/mol. The highest BCUT2D eigenvalue weighted by Crippen LogP contribution is 2.46. The van der Waals surface area contributed by atoms with E-state index in [4.69, 9.17) is 8.92 Å². The van der Waals surface area contributed by atoms with Gasteiger partial charge in [0.15, 0.2) is 0 Å². The summed E-state index contributed by atoms with van der Waals surface area (Å²) in [6.45, 7) is 11.0. The van der Waals surface area contributed by atoms with Gasteiger partial charge in [0.05, 0.1) is 0 Å². The molecule has 2 aromatic carbocycles. The second kappa shape index (κ2) is 9.44. The Morgan fingerprint density at radius 2 is 1.81 bits per heavy atom. The molecule has 1 aliphatic carbocycles. The Hall–Kier alpha value is -2.04. The topological polar surface area (TPSA) is 35.5 Å². The van der Waals surface area contributed by atoms with Gasteiger partial charge in [-0.3, -0.25) is 4.18 Å². The number of hydrogen-bond acceptors (Lipinski definition) is 4. The Bertz CT molecular complexity index is 990. The Kier molecular flexibility index (Phi) is 6.83. The monoisotopic (exact) mass is 450 g/mol. The largest absolute Gasteiger partial charge is 0.460 e. The summed E-state index contributed by atoms with van der Waals surface area (Å²) in [5.41, 5.74) is 4.99. The predicted molar refractivity (Wildman–Crippen MR) is 131 cm³/mol. The number of rotatable bonds is 6. The predicted octanol–water partition coefficient (Wildman–Crippen LogP) is 7.40. The van der Waals surface area contributed by atoms with E-state index in [1.807, 2.05) is 30.3 Å². The van der Waals surface area contributed by atoms with Crippen molar-refractivity contribution in [3.8, 4) is 0 Å². The minimum absolute atomic E-state index is 0.123. The molecule has 2 aromatic rings. The summed E-state index contributed by atoms with van der Waals surface area (Å²) in [5, 5.41) is 0. The lowest BCUT2D eigenvalue weighted by molar-refractivity contribution is -0.152. The minimum Gasteiger partial charge on any atom is -0.460 e. The van der Waals surface area contributed by atoms with Crippen LogP contribution in [0, 0.1) is 25.7 Å². The van der Waals surface area contributed by atoms with E-state index >= 15 is 0 Å². The number of cyclic esters (lactones) is 1. The lowest BCUT2D eigenvalue weighted by atomic mass is 9.78. The maximum Gasteiger partial charge on any atom is 0.344 e. The normalized spacial score (nSPS) is 27.8. The van der Waals surface area contributed by atoms with Crippen molar-refractivity contribution < 1.29 is 13.7 Å². The number of benzene rings is 2. The number of carbonyl (C=O) groups is 1. The summed E-state index contributed by atoms with van der Waals surface area (Å²) in [4.78, 5) is 14.2. The third kappa shape index (κ3) is 4.53. The van der Waals surface area contributed by atoms with E-state index in [-0.39, 0.29) is 12.1 Å². The van der Waals surface area contributed by atoms with E-state index in [2.05, 4.69) is 52.8 Å². The lowest BCUT2D eigenvalue weighted by Gasteiger charge is -2.29. The Labute approximate surface area is 196 Å². The van der Waals surface area contributed by atoms with Gasteiger partial charge in [0, 0.05) is 23.4 Å². The van der Waals surface area contributed by atoms with E-state index in [0.717, 1.165) is 23.3 Å². The van der Waals surface area contributed by atoms with Gasteiger partial charge < -0.3 is 4.74 Å². The number of ether oxygens (including phenoxy) is 1. The van der Waals surface area contributed by atoms with Crippen LogP contribution in [0.3, 0.4) is 0 Å². The Morgan fingerprint density at radius 3 is 2.41 bits per heavy atom. The minimum atomic E-state index is -1.09. The molecule has 2 aliphatic rings. The van der Waals surface area contributed by atoms with Crippen LogP contribution in [0.15, 0.2) is 53.4 Å². The molecule has 0 radical (unpaired) electrons. The van der Waals surface area contributed by atoms with Crippen molar-refractivity contribution in [2.75, 3.05) is 0 Å². The van der Waals surface area contributed by atoms with Gasteiger partial charge in [-0.1, -0.05) is 57.2 Å². The summed E-state index contributed by atoms with van der Waals surface area (Å²) in [6, 6.07) is 14.2. The quantitative estimate of drug-likeness (QED) is 0.339. The molecule has 0 saturated carbocycles. The molecular weight excluding hydrogens is 416 g/mol. The maximum atomic E-state index is 13.2. The Balaban J connectivity index is 1.72. The molecule has 4 atom stereocenters. The first-order valence-corrected chi connectivity index (χ1v) is 12.5. The molecule has 4 heteroatoms. The summed E-state index contributed by atoms with van der Waals surface area (Å²) >= 11 is 1.26. The molecule has 4 unspecified atom stereocenters. The number of carbonyl (C=O) groups excluding carboxylic acids is 1. The smallest absolute Gasteiger partial charge is 0.344 e. The molecule has 0 amide bonds. The molecule has 4 rings (SSSR count). The highest BCUT2D eigenvalue weighted by Gasteiger charge is 2.52. The Morgan fingerprint density at radius 1 is 1.12 bits per heavy atom. The summed E-state index contributed by atoms with van der Waals surface area (Å²) in [5.74, 6) is 1.01. The number of esters is 1. The van der Waals surface area contributed by atoms with Gasteiger partial charge in [0.1, 0.15) is 6.10 Å². The molecule has 1 aliphatic heterocycles. The third-order valence-electron chi connectivity index (χ3n) is 6.75. The summed E-state index contributed by atoms with van der Waals surface area (Å²) in [6.07, 6.45) is 5.99. The summed E-state index contributed by atoms with van der Waals surface area (Å²) < 4.78 is 12.1. The van der Waals surface area contributed by atoms with Crippen LogP contribution >= 0.6 is 12.0 Å². The number of hydrogen-bond donors (Lipinski definition) is 0. The zero-order valence-electron chi connectivity index (χ0n) is 19.8. The van der Waals surface area contributed by atoms with Crippen LogP contribution < -0.4 is 0 Å². The van der Waals surface area contributed by atoms with Gasteiger partial charge in [-0.2, -0.15) is 0 Å². The second-order valence-corrected chi connectivity index (χ2v) is 10.5. The van der Waals surface area contributed by atoms with Crippen molar-refractivity contribution in [3.63, 3.8) is 0 Å². The van der Waals surface area contributed by atoms with Crippen LogP contribution in [0.2, 0.25) is 0 Å². The fourth-order valence-electron chi connectivity index (χ4n) is 5.33. The number of allylic oxidation sites excluding steroid dienone is 2. The SMILES string of the molecule is CCC1CC(OSc2ccccc2)(c2cc(C)c(C3=CC(C)CC(C)C3)c(C)c2)C(=O)O1. The van der Waals surface area contributed by atoms with Crippen LogP contribution in [0.4, 0.5) is 0 Å². The fourth-order valence-corrected chi connectivity index (χ4v) is 6.07. The van der Waals surface area contributed by atoms with Gasteiger partial charge in [-0.15, -0.1) is 0 Å². The third-order valence-corrected chi connectivity index (χ3v) is 7.58. The highest BCUT2D eigenvalue weighted by atomic mass is 32.2. The average Bonchev–Trinajstić information content (AvgIpc) is 3.08. The molecule has 170 valence electrons. The molecule has 32 heavy (non-hydrogen) atoms. The zero-order valence-corrected chi connectivity index (χ0v) is 20.6. The van der Waals surface area contributed by atoms with E-state index in [1.54, 1.807) is 0 Å². The van der Waals surface area contributed by atoms with E-state index in [9.17, 15) is 4.79 Å². The molecule has 0 aromatic heterocycles. The van der Waals surface area contributed by atoms with E-state index in [1.165, 1.54) is 40.7 Å². The van der Waals surface area contributed by atoms with Gasteiger partial charge in [-0.05, 0) is 84.9 Å². The van der Waals surface area contributed by atoms with Crippen molar-refractivity contribution in [3.05, 3.63) is 70.8 Å².